The SMILES string of the molecule is CCc1ccccc1N(CC(=O)N(Cc1c(Cl)cccc1Cl)C(Cc1ccccc1)C(=O)NC1CCCCC1)S(=O)(=O)c1ccc(C)cc1. The lowest BCUT2D eigenvalue weighted by molar-refractivity contribution is -0.140. The van der Waals surface area contributed by atoms with Crippen molar-refractivity contribution < 1.29 is 18.0 Å². The van der Waals surface area contributed by atoms with E-state index in [0.29, 0.717) is 27.7 Å². The number of carbonyl (C=O) groups excluding carboxylic acids is 2. The molecule has 0 radical (unpaired) electrons. The van der Waals surface area contributed by atoms with Gasteiger partial charge in [-0.25, -0.2) is 8.42 Å². The van der Waals surface area contributed by atoms with Crippen molar-refractivity contribution in [1.82, 2.24) is 10.2 Å². The monoisotopic (exact) mass is 719 g/mol. The van der Waals surface area contributed by atoms with Gasteiger partial charge in [-0.05, 0) is 67.6 Å². The molecule has 0 aliphatic heterocycles. The van der Waals surface area contributed by atoms with Gasteiger partial charge in [0.05, 0.1) is 10.6 Å². The number of benzene rings is 4. The molecule has 7 nitrogen and oxygen atoms in total. The fourth-order valence-electron chi connectivity index (χ4n) is 6.36. The number of sulfonamides is 1. The molecule has 49 heavy (non-hydrogen) atoms. The molecule has 1 aliphatic rings. The molecule has 0 heterocycles. The Morgan fingerprint density at radius 3 is 2.12 bits per heavy atom. The molecule has 1 saturated carbocycles. The van der Waals surface area contributed by atoms with Crippen molar-refractivity contribution in [2.45, 2.75) is 82.3 Å². The van der Waals surface area contributed by atoms with Crippen LogP contribution >= 0.6 is 23.2 Å². The summed E-state index contributed by atoms with van der Waals surface area (Å²) in [6.45, 7) is 3.18. The summed E-state index contributed by atoms with van der Waals surface area (Å²) in [6.07, 6.45) is 5.66. The molecule has 0 bridgehead atoms. The Kier molecular flexibility index (Phi) is 12.4. The van der Waals surface area contributed by atoms with Crippen molar-refractivity contribution in [3.63, 3.8) is 0 Å². The molecule has 4 aromatic carbocycles. The van der Waals surface area contributed by atoms with Crippen molar-refractivity contribution in [2.24, 2.45) is 0 Å². The van der Waals surface area contributed by atoms with Gasteiger partial charge < -0.3 is 10.2 Å². The number of amides is 2. The molecule has 1 atom stereocenters. The third-order valence-electron chi connectivity index (χ3n) is 9.14. The Morgan fingerprint density at radius 1 is 0.837 bits per heavy atom. The molecule has 258 valence electrons. The molecule has 0 aromatic heterocycles. The van der Waals surface area contributed by atoms with Crippen LogP contribution in [0.2, 0.25) is 10.0 Å². The lowest BCUT2D eigenvalue weighted by Gasteiger charge is -2.35. The summed E-state index contributed by atoms with van der Waals surface area (Å²) in [5.74, 6) is -0.855. The molecule has 0 saturated heterocycles. The standard InChI is InChI=1S/C39H43Cl2N3O4S/c1-3-30-15-10-11-20-36(30)44(49(47,48)32-23-21-28(2)22-24-32)27-38(45)43(26-33-34(40)18-12-19-35(33)41)37(25-29-13-6-4-7-14-29)39(46)42-31-16-8-5-9-17-31/h4,6-7,10-15,18-24,31,37H,3,5,8-9,16-17,25-27H2,1-2H3,(H,42,46). The molecular weight excluding hydrogens is 677 g/mol. The summed E-state index contributed by atoms with van der Waals surface area (Å²) >= 11 is 13.3. The summed E-state index contributed by atoms with van der Waals surface area (Å²) in [6, 6.07) is 27.3. The van der Waals surface area contributed by atoms with E-state index in [1.165, 1.54) is 9.21 Å². The zero-order valence-electron chi connectivity index (χ0n) is 27.9. The highest BCUT2D eigenvalue weighted by Gasteiger charge is 2.36. The molecule has 2 amide bonds. The molecule has 1 unspecified atom stereocenters. The number of para-hydroxylation sites is 1. The fraction of sp³-hybridized carbons (Fsp3) is 0.333. The maximum Gasteiger partial charge on any atom is 0.264 e. The number of hydrogen-bond acceptors (Lipinski definition) is 4. The van der Waals surface area contributed by atoms with Crippen molar-refractivity contribution in [2.75, 3.05) is 10.8 Å². The van der Waals surface area contributed by atoms with E-state index < -0.39 is 28.5 Å². The van der Waals surface area contributed by atoms with Gasteiger partial charge in [-0.2, -0.15) is 0 Å². The highest BCUT2D eigenvalue weighted by Crippen LogP contribution is 2.31. The van der Waals surface area contributed by atoms with Gasteiger partial charge in [0.25, 0.3) is 10.0 Å². The van der Waals surface area contributed by atoms with Crippen LogP contribution < -0.4 is 9.62 Å². The lowest BCUT2D eigenvalue weighted by Crippen LogP contribution is -2.55. The van der Waals surface area contributed by atoms with Crippen molar-refractivity contribution in [3.8, 4) is 0 Å². The first-order chi connectivity index (χ1) is 23.6. The van der Waals surface area contributed by atoms with Crippen molar-refractivity contribution >= 4 is 50.7 Å². The fourth-order valence-corrected chi connectivity index (χ4v) is 8.32. The van der Waals surface area contributed by atoms with Gasteiger partial charge in [0.2, 0.25) is 11.8 Å². The average molecular weight is 721 g/mol. The Labute approximate surface area is 300 Å². The van der Waals surface area contributed by atoms with Crippen molar-refractivity contribution in [1.29, 1.82) is 0 Å². The first-order valence-corrected chi connectivity index (χ1v) is 19.0. The molecule has 1 N–H and O–H groups in total. The third-order valence-corrected chi connectivity index (χ3v) is 11.6. The van der Waals surface area contributed by atoms with Gasteiger partial charge >= 0.3 is 0 Å². The van der Waals surface area contributed by atoms with Gasteiger partial charge in [-0.15, -0.1) is 0 Å². The summed E-state index contributed by atoms with van der Waals surface area (Å²) < 4.78 is 30.0. The second-order valence-electron chi connectivity index (χ2n) is 12.6. The van der Waals surface area contributed by atoms with Crippen LogP contribution in [-0.2, 0) is 39.0 Å². The molecule has 10 heteroatoms. The predicted octanol–water partition coefficient (Wildman–Crippen LogP) is 8.15. The van der Waals surface area contributed by atoms with Crippen LogP contribution in [0.25, 0.3) is 0 Å². The quantitative estimate of drug-likeness (QED) is 0.151. The normalized spacial score (nSPS) is 14.2. The minimum absolute atomic E-state index is 0.00442. The molecule has 1 aliphatic carbocycles. The van der Waals surface area contributed by atoms with Crippen molar-refractivity contribution in [3.05, 3.63) is 129 Å². The number of carbonyl (C=O) groups is 2. The van der Waals surface area contributed by atoms with Crippen LogP contribution in [0.3, 0.4) is 0 Å². The van der Waals surface area contributed by atoms with E-state index in [2.05, 4.69) is 5.32 Å². The summed E-state index contributed by atoms with van der Waals surface area (Å²) in [5.41, 5.74) is 3.41. The maximum absolute atomic E-state index is 14.9. The van der Waals surface area contributed by atoms with Gasteiger partial charge in [-0.3, -0.25) is 13.9 Å². The van der Waals surface area contributed by atoms with E-state index >= 15 is 0 Å². The zero-order chi connectivity index (χ0) is 35.0. The van der Waals surface area contributed by atoms with Gasteiger partial charge in [0.15, 0.2) is 0 Å². The summed E-state index contributed by atoms with van der Waals surface area (Å²) in [4.78, 5) is 30.7. The van der Waals surface area contributed by atoms with Gasteiger partial charge in [0, 0.05) is 34.6 Å². The number of anilines is 1. The predicted molar refractivity (Wildman–Crippen MR) is 197 cm³/mol. The van der Waals surface area contributed by atoms with Gasteiger partial charge in [-0.1, -0.05) is 122 Å². The lowest BCUT2D eigenvalue weighted by atomic mass is 9.94. The minimum Gasteiger partial charge on any atom is -0.352 e. The smallest absolute Gasteiger partial charge is 0.264 e. The minimum atomic E-state index is -4.22. The molecule has 0 spiro atoms. The number of halogens is 2. The van der Waals surface area contributed by atoms with E-state index in [-0.39, 0.29) is 29.8 Å². The number of nitrogens with one attached hydrogen (secondary N) is 1. The number of hydrogen-bond donors (Lipinski definition) is 1. The topological polar surface area (TPSA) is 86.8 Å². The third kappa shape index (κ3) is 9.04. The Morgan fingerprint density at radius 2 is 1.47 bits per heavy atom. The molecule has 4 aromatic rings. The maximum atomic E-state index is 14.9. The van der Waals surface area contributed by atoms with E-state index in [1.54, 1.807) is 54.6 Å². The van der Waals surface area contributed by atoms with Crippen LogP contribution in [0, 0.1) is 6.92 Å². The summed E-state index contributed by atoms with van der Waals surface area (Å²) in [7, 11) is -4.22. The zero-order valence-corrected chi connectivity index (χ0v) is 30.3. The molecular formula is C39H43Cl2N3O4S. The largest absolute Gasteiger partial charge is 0.352 e. The van der Waals surface area contributed by atoms with Crippen LogP contribution in [0.5, 0.6) is 0 Å². The van der Waals surface area contributed by atoms with Crippen LogP contribution in [0.4, 0.5) is 5.69 Å². The molecule has 5 rings (SSSR count). The number of nitrogens with zero attached hydrogens (tertiary/aromatic N) is 2. The number of rotatable bonds is 13. The molecule has 1 fully saturated rings. The average Bonchev–Trinajstić information content (AvgIpc) is 3.10. The number of aryl methyl sites for hydroxylation is 2. The Hall–Kier alpha value is -3.85. The van der Waals surface area contributed by atoms with Crippen LogP contribution in [0.15, 0.2) is 102 Å². The van der Waals surface area contributed by atoms with Crippen LogP contribution in [0.1, 0.15) is 61.3 Å². The second kappa shape index (κ2) is 16.7. The first kappa shape index (κ1) is 36.4. The highest BCUT2D eigenvalue weighted by atomic mass is 35.5. The Balaban J connectivity index is 1.61. The van der Waals surface area contributed by atoms with E-state index in [0.717, 1.165) is 48.8 Å². The highest BCUT2D eigenvalue weighted by molar-refractivity contribution is 7.92. The first-order valence-electron chi connectivity index (χ1n) is 16.8. The van der Waals surface area contributed by atoms with Gasteiger partial charge in [0.1, 0.15) is 12.6 Å². The second-order valence-corrected chi connectivity index (χ2v) is 15.3. The summed E-state index contributed by atoms with van der Waals surface area (Å²) in [5, 5.41) is 3.91. The van der Waals surface area contributed by atoms with E-state index in [1.807, 2.05) is 56.3 Å². The Bertz CT molecular complexity index is 1830. The van der Waals surface area contributed by atoms with E-state index in [4.69, 9.17) is 23.2 Å². The van der Waals surface area contributed by atoms with Crippen LogP contribution in [-0.4, -0.2) is 43.8 Å². The van der Waals surface area contributed by atoms with E-state index in [9.17, 15) is 18.0 Å².